The van der Waals surface area contributed by atoms with Gasteiger partial charge in [-0.3, -0.25) is 5.41 Å². The van der Waals surface area contributed by atoms with Crippen LogP contribution in [0.5, 0.6) is 0 Å². The number of carboxylic acid groups (broad SMARTS) is 1. The van der Waals surface area contributed by atoms with Gasteiger partial charge in [0.05, 0.1) is 27.1 Å². The fraction of sp³-hybridized carbons (Fsp3) is 0.571. The minimum atomic E-state index is -1.00. The molecule has 0 bridgehead atoms. The predicted octanol–water partition coefficient (Wildman–Crippen LogP) is -3.70. The summed E-state index contributed by atoms with van der Waals surface area (Å²) in [6.45, 7) is 0.0694. The van der Waals surface area contributed by atoms with Gasteiger partial charge in [0.2, 0.25) is 0 Å². The molecule has 0 saturated heterocycles. The van der Waals surface area contributed by atoms with E-state index in [0.29, 0.717) is 4.48 Å². The van der Waals surface area contributed by atoms with Crippen molar-refractivity contribution in [2.24, 2.45) is 22.9 Å². The molecule has 0 aliphatic carbocycles. The quantitative estimate of drug-likeness (QED) is 0.187. The number of amides is 2. The van der Waals surface area contributed by atoms with Crippen LogP contribution in [-0.2, 0) is 4.79 Å². The van der Waals surface area contributed by atoms with Gasteiger partial charge in [0.1, 0.15) is 6.54 Å². The number of carbonyl (C=O) groups is 2. The van der Waals surface area contributed by atoms with Gasteiger partial charge >= 0.3 is 6.03 Å². The molecule has 0 aromatic rings. The standard InChI is InChI=1S/C5H11NO2.CH5N3.CH4N2O/c1-6(2,3)4-5(7)8;2*2-1(3)4/h4H2,1-3H3;(H5,2,3,4);(H4,2,3,4). The first kappa shape index (κ1) is 19.5. The Morgan fingerprint density at radius 3 is 1.31 bits per heavy atom. The molecule has 2 amide bonds. The summed E-state index contributed by atoms with van der Waals surface area (Å²) in [5.41, 5.74) is 17.4. The van der Waals surface area contributed by atoms with E-state index >= 15 is 0 Å². The average Bonchev–Trinajstić information content (AvgIpc) is 1.74. The largest absolute Gasteiger partial charge is 0.544 e. The molecule has 0 rings (SSSR count). The Labute approximate surface area is 94.1 Å². The molecule has 0 aliphatic heterocycles. The summed E-state index contributed by atoms with van der Waals surface area (Å²) in [6, 6.07) is -0.833. The molecular formula is C7H20N6O3. The smallest absolute Gasteiger partial charge is 0.309 e. The average molecular weight is 236 g/mol. The number of primary amides is 2. The van der Waals surface area contributed by atoms with Gasteiger partial charge in [-0.25, -0.2) is 4.79 Å². The van der Waals surface area contributed by atoms with Crippen molar-refractivity contribution in [2.75, 3.05) is 27.7 Å². The molecule has 9 heteroatoms. The van der Waals surface area contributed by atoms with Crippen LogP contribution < -0.4 is 28.0 Å². The first-order valence-electron chi connectivity index (χ1n) is 4.03. The molecule has 0 aromatic heterocycles. The van der Waals surface area contributed by atoms with E-state index in [4.69, 9.17) is 10.2 Å². The van der Waals surface area contributed by atoms with Crippen molar-refractivity contribution in [3.05, 3.63) is 0 Å². The number of quaternary nitrogens is 1. The molecule has 0 aromatic carbocycles. The van der Waals surface area contributed by atoms with E-state index in [1.165, 1.54) is 0 Å². The maximum absolute atomic E-state index is 9.89. The van der Waals surface area contributed by atoms with Crippen molar-refractivity contribution >= 4 is 18.0 Å². The highest BCUT2D eigenvalue weighted by Crippen LogP contribution is 1.84. The number of nitrogens with zero attached hydrogens (tertiary/aromatic N) is 1. The Bertz CT molecular complexity index is 215. The van der Waals surface area contributed by atoms with E-state index < -0.39 is 12.0 Å². The van der Waals surface area contributed by atoms with Crippen LogP contribution in [0.2, 0.25) is 0 Å². The molecule has 0 fully saturated rings. The number of aliphatic carboxylic acids is 1. The molecule has 0 heterocycles. The third-order valence-electron chi connectivity index (χ3n) is 0.603. The lowest BCUT2D eigenvalue weighted by Gasteiger charge is -2.23. The first-order chi connectivity index (χ1) is 6.88. The lowest BCUT2D eigenvalue weighted by Crippen LogP contribution is -2.45. The lowest BCUT2D eigenvalue weighted by molar-refractivity contribution is -0.864. The monoisotopic (exact) mass is 236 g/mol. The molecule has 0 spiro atoms. The van der Waals surface area contributed by atoms with Crippen molar-refractivity contribution in [3.63, 3.8) is 0 Å². The molecule has 9 N–H and O–H groups in total. The minimum absolute atomic E-state index is 0.0694. The van der Waals surface area contributed by atoms with Gasteiger partial charge in [-0.1, -0.05) is 0 Å². The Kier molecular flexibility index (Phi) is 11.6. The molecular weight excluding hydrogens is 216 g/mol. The van der Waals surface area contributed by atoms with Crippen LogP contribution in [0.4, 0.5) is 4.79 Å². The van der Waals surface area contributed by atoms with E-state index in [1.807, 2.05) is 0 Å². The fourth-order valence-corrected chi connectivity index (χ4v) is 0.387. The molecule has 16 heavy (non-hydrogen) atoms. The normalized spacial score (nSPS) is 8.69. The summed E-state index contributed by atoms with van der Waals surface area (Å²) in [6.07, 6.45) is 0. The zero-order valence-electron chi connectivity index (χ0n) is 9.69. The fourth-order valence-electron chi connectivity index (χ4n) is 0.387. The van der Waals surface area contributed by atoms with Crippen LogP contribution in [0, 0.1) is 5.41 Å². The molecule has 9 nitrogen and oxygen atoms in total. The summed E-state index contributed by atoms with van der Waals surface area (Å²) in [5, 5.41) is 15.9. The molecule has 0 saturated carbocycles. The van der Waals surface area contributed by atoms with Gasteiger partial charge in [-0.05, 0) is 0 Å². The molecule has 0 radical (unpaired) electrons. The molecule has 0 unspecified atom stereocenters. The van der Waals surface area contributed by atoms with Crippen LogP contribution in [0.3, 0.4) is 0 Å². The number of guanidine groups is 1. The number of nitrogens with two attached hydrogens (primary N) is 4. The summed E-state index contributed by atoms with van der Waals surface area (Å²) in [4.78, 5) is 18.9. The summed E-state index contributed by atoms with van der Waals surface area (Å²) >= 11 is 0. The number of carboxylic acids is 1. The topological polar surface area (TPSA) is 185 Å². The van der Waals surface area contributed by atoms with Gasteiger partial charge in [0.25, 0.3) is 0 Å². The van der Waals surface area contributed by atoms with Crippen LogP contribution in [0.15, 0.2) is 0 Å². The highest BCUT2D eigenvalue weighted by atomic mass is 16.4. The van der Waals surface area contributed by atoms with E-state index in [1.54, 1.807) is 21.1 Å². The Morgan fingerprint density at radius 1 is 1.12 bits per heavy atom. The molecule has 0 aliphatic rings. The number of likely N-dealkylation sites (N-methyl/N-ethyl adjacent to an activating group) is 1. The van der Waals surface area contributed by atoms with E-state index in [2.05, 4.69) is 22.9 Å². The van der Waals surface area contributed by atoms with Crippen LogP contribution in [-0.4, -0.2) is 50.1 Å². The van der Waals surface area contributed by atoms with Crippen molar-refractivity contribution in [3.8, 4) is 0 Å². The maximum Gasteiger partial charge on any atom is 0.309 e. The van der Waals surface area contributed by atoms with Gasteiger partial charge < -0.3 is 37.3 Å². The van der Waals surface area contributed by atoms with Crippen molar-refractivity contribution in [1.82, 2.24) is 0 Å². The van der Waals surface area contributed by atoms with Gasteiger partial charge in [0.15, 0.2) is 5.96 Å². The van der Waals surface area contributed by atoms with Crippen LogP contribution in [0.25, 0.3) is 0 Å². The zero-order chi connectivity index (χ0) is 13.9. The number of hydrogen-bond acceptors (Lipinski definition) is 4. The number of nitrogens with one attached hydrogen (secondary N) is 1. The SMILES string of the molecule is C[N+](C)(C)CC(=O)[O-].N=C(N)N.NC(N)=O. The van der Waals surface area contributed by atoms with E-state index in [0.717, 1.165) is 0 Å². The highest BCUT2D eigenvalue weighted by Gasteiger charge is 2.04. The number of urea groups is 1. The summed E-state index contributed by atoms with van der Waals surface area (Å²) in [7, 11) is 5.40. The predicted molar refractivity (Wildman–Crippen MR) is 57.8 cm³/mol. The zero-order valence-corrected chi connectivity index (χ0v) is 9.69. The first-order valence-corrected chi connectivity index (χ1v) is 4.03. The minimum Gasteiger partial charge on any atom is -0.544 e. The van der Waals surface area contributed by atoms with Crippen LogP contribution in [0.1, 0.15) is 0 Å². The van der Waals surface area contributed by atoms with E-state index in [-0.39, 0.29) is 12.5 Å². The van der Waals surface area contributed by atoms with Crippen LogP contribution >= 0.6 is 0 Å². The lowest BCUT2D eigenvalue weighted by atomic mass is 10.5. The third kappa shape index (κ3) is 163. The molecule has 96 valence electrons. The Morgan fingerprint density at radius 2 is 1.31 bits per heavy atom. The van der Waals surface area contributed by atoms with E-state index in [9.17, 15) is 9.90 Å². The van der Waals surface area contributed by atoms with Gasteiger partial charge in [-0.15, -0.1) is 0 Å². The second-order valence-corrected chi connectivity index (χ2v) is 3.68. The highest BCUT2D eigenvalue weighted by molar-refractivity contribution is 5.71. The van der Waals surface area contributed by atoms with Crippen molar-refractivity contribution in [1.29, 1.82) is 5.41 Å². The number of hydrogen-bond donors (Lipinski definition) is 5. The second-order valence-electron chi connectivity index (χ2n) is 3.68. The Balaban J connectivity index is -0.000000179. The number of carbonyl (C=O) groups excluding carboxylic acids is 2. The van der Waals surface area contributed by atoms with Gasteiger partial charge in [0, 0.05) is 0 Å². The van der Waals surface area contributed by atoms with Crippen molar-refractivity contribution in [2.45, 2.75) is 0 Å². The van der Waals surface area contributed by atoms with Crippen molar-refractivity contribution < 1.29 is 19.2 Å². The summed E-state index contributed by atoms with van der Waals surface area (Å²) in [5.74, 6) is -1.34. The van der Waals surface area contributed by atoms with Gasteiger partial charge in [-0.2, -0.15) is 0 Å². The molecule has 0 atom stereocenters. The number of rotatable bonds is 2. The summed E-state index contributed by atoms with van der Waals surface area (Å²) < 4.78 is 0.419. The maximum atomic E-state index is 9.89. The second kappa shape index (κ2) is 9.52. The Hall–Kier alpha value is -2.03. The third-order valence-corrected chi connectivity index (χ3v) is 0.603.